The van der Waals surface area contributed by atoms with Gasteiger partial charge in [0.1, 0.15) is 5.78 Å². The number of hydrogen-bond donors (Lipinski definition) is 0. The smallest absolute Gasteiger partial charge is 0.138 e. The summed E-state index contributed by atoms with van der Waals surface area (Å²) < 4.78 is 5.76. The minimum absolute atomic E-state index is 0.205. The Bertz CT molecular complexity index is 261. The molecule has 0 spiro atoms. The van der Waals surface area contributed by atoms with Gasteiger partial charge in [-0.1, -0.05) is 6.92 Å². The van der Waals surface area contributed by atoms with E-state index in [1.807, 2.05) is 0 Å². The Morgan fingerprint density at radius 2 is 2.18 bits per heavy atom. The third kappa shape index (κ3) is 3.29. The second kappa shape index (κ2) is 5.96. The maximum Gasteiger partial charge on any atom is 0.138 e. The summed E-state index contributed by atoms with van der Waals surface area (Å²) in [5, 5.41) is 0. The summed E-state index contributed by atoms with van der Waals surface area (Å²) >= 11 is 0. The summed E-state index contributed by atoms with van der Waals surface area (Å²) in [6.07, 6.45) is 6.08. The van der Waals surface area contributed by atoms with Crippen LogP contribution in [-0.2, 0) is 9.53 Å². The van der Waals surface area contributed by atoms with Crippen LogP contribution in [0.5, 0.6) is 0 Å². The molecule has 3 nitrogen and oxygen atoms in total. The average molecular weight is 239 g/mol. The van der Waals surface area contributed by atoms with E-state index in [0.717, 1.165) is 32.5 Å². The van der Waals surface area contributed by atoms with Crippen molar-refractivity contribution in [3.63, 3.8) is 0 Å². The maximum absolute atomic E-state index is 11.6. The number of ketones is 1. The van der Waals surface area contributed by atoms with Crippen molar-refractivity contribution in [1.29, 1.82) is 0 Å². The molecule has 17 heavy (non-hydrogen) atoms. The van der Waals surface area contributed by atoms with Crippen molar-refractivity contribution in [3.8, 4) is 0 Å². The molecule has 0 aromatic heterocycles. The molecule has 0 amide bonds. The van der Waals surface area contributed by atoms with Gasteiger partial charge in [-0.05, 0) is 32.6 Å². The molecule has 2 fully saturated rings. The highest BCUT2D eigenvalue weighted by molar-refractivity contribution is 5.82. The van der Waals surface area contributed by atoms with E-state index in [4.69, 9.17) is 4.74 Å². The first-order valence-corrected chi connectivity index (χ1v) is 7.07. The third-order valence-corrected chi connectivity index (χ3v) is 4.47. The number of rotatable bonds is 3. The van der Waals surface area contributed by atoms with Gasteiger partial charge >= 0.3 is 0 Å². The molecular weight excluding hydrogens is 214 g/mol. The lowest BCUT2D eigenvalue weighted by molar-refractivity contribution is -0.128. The Hall–Kier alpha value is -0.410. The molecule has 0 aromatic carbocycles. The topological polar surface area (TPSA) is 29.5 Å². The van der Waals surface area contributed by atoms with Crippen LogP contribution in [0.15, 0.2) is 0 Å². The second-order valence-corrected chi connectivity index (χ2v) is 5.56. The fourth-order valence-electron chi connectivity index (χ4n) is 2.93. The van der Waals surface area contributed by atoms with Crippen LogP contribution >= 0.6 is 0 Å². The molecular formula is C14H25NO2. The molecule has 3 atom stereocenters. The van der Waals surface area contributed by atoms with E-state index in [-0.39, 0.29) is 5.92 Å². The summed E-state index contributed by atoms with van der Waals surface area (Å²) in [5.41, 5.74) is 0. The Kier molecular flexibility index (Phi) is 4.57. The molecule has 2 saturated heterocycles. The lowest BCUT2D eigenvalue weighted by Gasteiger charge is -2.37. The number of Topliss-reactive ketones (excluding diaryl/α,β-unsaturated/α-hetero) is 1. The molecule has 2 aliphatic heterocycles. The number of likely N-dealkylation sites (tertiary alicyclic amines) is 1. The summed E-state index contributed by atoms with van der Waals surface area (Å²) in [5.74, 6) is 0.638. The SMILES string of the molecule is CC1C(=O)CCN(CCC2CCCCO2)C1C. The molecule has 3 heteroatoms. The number of carbonyl (C=O) groups excluding carboxylic acids is 1. The van der Waals surface area contributed by atoms with Crippen LogP contribution in [0.2, 0.25) is 0 Å². The Labute approximate surface area is 105 Å². The highest BCUT2D eigenvalue weighted by Gasteiger charge is 2.30. The lowest BCUT2D eigenvalue weighted by Crippen LogP contribution is -2.47. The number of piperidine rings is 1. The van der Waals surface area contributed by atoms with Gasteiger partial charge < -0.3 is 4.74 Å². The lowest BCUT2D eigenvalue weighted by atomic mass is 9.90. The molecule has 3 unspecified atom stereocenters. The first-order valence-electron chi connectivity index (χ1n) is 7.07. The van der Waals surface area contributed by atoms with E-state index in [2.05, 4.69) is 18.7 Å². The monoisotopic (exact) mass is 239 g/mol. The summed E-state index contributed by atoms with van der Waals surface area (Å²) in [6, 6.07) is 0.403. The van der Waals surface area contributed by atoms with E-state index in [1.54, 1.807) is 0 Å². The van der Waals surface area contributed by atoms with Crippen LogP contribution in [0.3, 0.4) is 0 Å². The van der Waals surface area contributed by atoms with Gasteiger partial charge in [-0.3, -0.25) is 9.69 Å². The van der Waals surface area contributed by atoms with E-state index in [9.17, 15) is 4.79 Å². The van der Waals surface area contributed by atoms with Crippen LogP contribution in [-0.4, -0.2) is 42.5 Å². The largest absolute Gasteiger partial charge is 0.378 e. The molecule has 0 aliphatic carbocycles. The van der Waals surface area contributed by atoms with Crippen molar-refractivity contribution in [1.82, 2.24) is 4.90 Å². The Morgan fingerprint density at radius 1 is 1.35 bits per heavy atom. The Balaban J connectivity index is 1.76. The predicted molar refractivity (Wildman–Crippen MR) is 68.0 cm³/mol. The highest BCUT2D eigenvalue weighted by Crippen LogP contribution is 2.22. The zero-order valence-corrected chi connectivity index (χ0v) is 11.2. The molecule has 2 aliphatic rings. The van der Waals surface area contributed by atoms with E-state index in [1.165, 1.54) is 19.3 Å². The first kappa shape index (κ1) is 13.0. The molecule has 98 valence electrons. The van der Waals surface area contributed by atoms with Crippen LogP contribution < -0.4 is 0 Å². The molecule has 0 radical (unpaired) electrons. The second-order valence-electron chi connectivity index (χ2n) is 5.56. The average Bonchev–Trinajstić information content (AvgIpc) is 2.36. The predicted octanol–water partition coefficient (Wildman–Crippen LogP) is 2.25. The zero-order valence-electron chi connectivity index (χ0n) is 11.2. The minimum atomic E-state index is 0.205. The maximum atomic E-state index is 11.6. The molecule has 2 heterocycles. The van der Waals surface area contributed by atoms with Crippen molar-refractivity contribution in [2.45, 2.75) is 58.1 Å². The van der Waals surface area contributed by atoms with Gasteiger partial charge in [0.2, 0.25) is 0 Å². The molecule has 0 N–H and O–H groups in total. The van der Waals surface area contributed by atoms with Gasteiger partial charge in [0.15, 0.2) is 0 Å². The number of nitrogens with zero attached hydrogens (tertiary/aromatic N) is 1. The van der Waals surface area contributed by atoms with Gasteiger partial charge in [-0.2, -0.15) is 0 Å². The van der Waals surface area contributed by atoms with Gasteiger partial charge in [0.05, 0.1) is 6.10 Å². The Morgan fingerprint density at radius 3 is 2.88 bits per heavy atom. The minimum Gasteiger partial charge on any atom is -0.378 e. The standard InChI is InChI=1S/C14H25NO2/c1-11-12(2)15(9-7-14(11)16)8-6-13-5-3-4-10-17-13/h11-13H,3-10H2,1-2H3. The van der Waals surface area contributed by atoms with Crippen molar-refractivity contribution < 1.29 is 9.53 Å². The highest BCUT2D eigenvalue weighted by atomic mass is 16.5. The molecule has 0 aromatic rings. The summed E-state index contributed by atoms with van der Waals surface area (Å²) in [4.78, 5) is 14.1. The van der Waals surface area contributed by atoms with Crippen molar-refractivity contribution in [2.75, 3.05) is 19.7 Å². The van der Waals surface area contributed by atoms with Gasteiger partial charge in [0, 0.05) is 38.1 Å². The van der Waals surface area contributed by atoms with Gasteiger partial charge in [0.25, 0.3) is 0 Å². The van der Waals surface area contributed by atoms with Gasteiger partial charge in [-0.15, -0.1) is 0 Å². The number of ether oxygens (including phenoxy) is 1. The van der Waals surface area contributed by atoms with Crippen LogP contribution in [0.4, 0.5) is 0 Å². The fraction of sp³-hybridized carbons (Fsp3) is 0.929. The van der Waals surface area contributed by atoms with Crippen LogP contribution in [0.25, 0.3) is 0 Å². The quantitative estimate of drug-likeness (QED) is 0.756. The van der Waals surface area contributed by atoms with Crippen LogP contribution in [0, 0.1) is 5.92 Å². The van der Waals surface area contributed by atoms with Crippen molar-refractivity contribution in [3.05, 3.63) is 0 Å². The van der Waals surface area contributed by atoms with E-state index in [0.29, 0.717) is 17.9 Å². The zero-order chi connectivity index (χ0) is 12.3. The third-order valence-electron chi connectivity index (χ3n) is 4.47. The van der Waals surface area contributed by atoms with Gasteiger partial charge in [-0.25, -0.2) is 0 Å². The van der Waals surface area contributed by atoms with Crippen molar-refractivity contribution >= 4 is 5.78 Å². The molecule has 0 saturated carbocycles. The van der Waals surface area contributed by atoms with E-state index < -0.39 is 0 Å². The number of hydrogen-bond acceptors (Lipinski definition) is 3. The van der Waals surface area contributed by atoms with Crippen LogP contribution in [0.1, 0.15) is 46.0 Å². The first-order chi connectivity index (χ1) is 8.18. The number of carbonyl (C=O) groups is 1. The molecule has 2 rings (SSSR count). The van der Waals surface area contributed by atoms with E-state index >= 15 is 0 Å². The summed E-state index contributed by atoms with van der Waals surface area (Å²) in [6.45, 7) is 7.22. The fourth-order valence-corrected chi connectivity index (χ4v) is 2.93. The summed E-state index contributed by atoms with van der Waals surface area (Å²) in [7, 11) is 0. The normalized spacial score (nSPS) is 36.1. The van der Waals surface area contributed by atoms with Crippen molar-refractivity contribution in [2.24, 2.45) is 5.92 Å². The molecule has 0 bridgehead atoms.